The van der Waals surface area contributed by atoms with E-state index in [1.807, 2.05) is 6.92 Å². The predicted octanol–water partition coefficient (Wildman–Crippen LogP) is 1.51. The van der Waals surface area contributed by atoms with E-state index in [0.717, 1.165) is 31.6 Å². The highest BCUT2D eigenvalue weighted by molar-refractivity contribution is 6.30. The minimum atomic E-state index is -0.228. The molecule has 2 rings (SSSR count). The quantitative estimate of drug-likeness (QED) is 0.743. The fourth-order valence-electron chi connectivity index (χ4n) is 2.41. The van der Waals surface area contributed by atoms with Gasteiger partial charge in [0.15, 0.2) is 11.0 Å². The summed E-state index contributed by atoms with van der Waals surface area (Å²) in [7, 11) is 0. The maximum absolute atomic E-state index is 12.3. The Bertz CT molecular complexity index is 478. The van der Waals surface area contributed by atoms with Crippen LogP contribution in [0.25, 0.3) is 0 Å². The van der Waals surface area contributed by atoms with E-state index < -0.39 is 0 Å². The molecule has 7 heteroatoms. The molecule has 6 nitrogen and oxygen atoms in total. The molecule has 1 saturated heterocycles. The Balaban J connectivity index is 1.98. The topological polar surface area (TPSA) is 79.0 Å². The van der Waals surface area contributed by atoms with E-state index in [2.05, 4.69) is 27.5 Å². The lowest BCUT2D eigenvalue weighted by atomic mass is 10.0. The van der Waals surface area contributed by atoms with Crippen molar-refractivity contribution < 1.29 is 9.53 Å². The maximum Gasteiger partial charge on any atom is 0.287 e. The van der Waals surface area contributed by atoms with Crippen LogP contribution in [-0.2, 0) is 11.2 Å². The molecular formula is C14H23ClN4O2. The molecule has 1 aliphatic rings. The Kier molecular flexibility index (Phi) is 6.02. The first-order chi connectivity index (χ1) is 10.2. The monoisotopic (exact) mass is 314 g/mol. The third-order valence-electron chi connectivity index (χ3n) is 3.58. The van der Waals surface area contributed by atoms with Gasteiger partial charge in [0, 0.05) is 13.2 Å². The summed E-state index contributed by atoms with van der Waals surface area (Å²) in [6.45, 7) is 6.36. The molecule has 2 unspecified atom stereocenters. The van der Waals surface area contributed by atoms with Crippen LogP contribution in [0.3, 0.4) is 0 Å². The largest absolute Gasteiger partial charge is 0.375 e. The van der Waals surface area contributed by atoms with E-state index in [1.165, 1.54) is 0 Å². The summed E-state index contributed by atoms with van der Waals surface area (Å²) >= 11 is 5.97. The van der Waals surface area contributed by atoms with Crippen LogP contribution < -0.4 is 10.6 Å². The molecule has 2 heterocycles. The van der Waals surface area contributed by atoms with E-state index in [1.54, 1.807) is 0 Å². The summed E-state index contributed by atoms with van der Waals surface area (Å²) in [5.74, 6) is 0.0400. The van der Waals surface area contributed by atoms with Gasteiger partial charge in [-0.1, -0.05) is 25.4 Å². The summed E-state index contributed by atoms with van der Waals surface area (Å²) in [4.78, 5) is 19.3. The van der Waals surface area contributed by atoms with E-state index in [9.17, 15) is 4.79 Å². The van der Waals surface area contributed by atoms with Gasteiger partial charge in [-0.2, -0.15) is 0 Å². The second-order valence-corrected chi connectivity index (χ2v) is 5.55. The third-order valence-corrected chi connectivity index (χ3v) is 3.89. The first kappa shape index (κ1) is 16.3. The van der Waals surface area contributed by atoms with E-state index >= 15 is 0 Å². The van der Waals surface area contributed by atoms with Gasteiger partial charge in [-0.3, -0.25) is 4.79 Å². The second-order valence-electron chi connectivity index (χ2n) is 5.19. The number of hydrogen-bond donors (Lipinski definition) is 3. The molecule has 3 N–H and O–H groups in total. The smallest absolute Gasteiger partial charge is 0.287 e. The Morgan fingerprint density at radius 2 is 2.33 bits per heavy atom. The van der Waals surface area contributed by atoms with Gasteiger partial charge in [-0.15, -0.1) is 0 Å². The van der Waals surface area contributed by atoms with Crippen LogP contribution in [0.4, 0.5) is 0 Å². The van der Waals surface area contributed by atoms with Crippen molar-refractivity contribution in [2.45, 2.75) is 45.3 Å². The molecule has 118 valence electrons. The summed E-state index contributed by atoms with van der Waals surface area (Å²) in [6, 6.07) is -0.000693. The average molecular weight is 315 g/mol. The highest BCUT2D eigenvalue weighted by atomic mass is 35.5. The van der Waals surface area contributed by atoms with Crippen LogP contribution in [0.1, 0.15) is 43.0 Å². The number of aryl methyl sites for hydroxylation is 1. The minimum absolute atomic E-state index is 0.000693. The number of carbonyl (C=O) groups excluding carboxylic acids is 1. The second kappa shape index (κ2) is 7.77. The van der Waals surface area contributed by atoms with Crippen molar-refractivity contribution in [1.29, 1.82) is 0 Å². The number of nitrogens with one attached hydrogen (secondary N) is 3. The standard InChI is InChI=1S/C14H23ClN4O2/c1-3-7-21-11-8-16-6-5-10(11)18-14(20)13-17-9(4-2)12(15)19-13/h10-11,16H,3-8H2,1-2H3,(H,17,19)(H,18,20). The molecule has 1 aliphatic heterocycles. The van der Waals surface area contributed by atoms with Crippen molar-refractivity contribution in [3.63, 3.8) is 0 Å². The van der Waals surface area contributed by atoms with Crippen LogP contribution in [0, 0.1) is 0 Å². The molecule has 0 saturated carbocycles. The first-order valence-corrected chi connectivity index (χ1v) is 7.91. The van der Waals surface area contributed by atoms with E-state index in [0.29, 0.717) is 18.2 Å². The van der Waals surface area contributed by atoms with Crippen LogP contribution in [-0.4, -0.2) is 47.7 Å². The van der Waals surface area contributed by atoms with E-state index in [4.69, 9.17) is 16.3 Å². The zero-order valence-corrected chi connectivity index (χ0v) is 13.3. The third kappa shape index (κ3) is 4.18. The normalized spacial score (nSPS) is 22.2. The summed E-state index contributed by atoms with van der Waals surface area (Å²) in [5, 5.41) is 6.66. The number of ether oxygens (including phenoxy) is 1. The Labute approximate surface area is 130 Å². The van der Waals surface area contributed by atoms with Gasteiger partial charge in [-0.25, -0.2) is 4.98 Å². The lowest BCUT2D eigenvalue weighted by molar-refractivity contribution is 0.0141. The number of rotatable bonds is 6. The van der Waals surface area contributed by atoms with Gasteiger partial charge in [0.05, 0.1) is 17.8 Å². The van der Waals surface area contributed by atoms with Crippen LogP contribution in [0.15, 0.2) is 0 Å². The molecule has 0 aromatic carbocycles. The number of amides is 1. The highest BCUT2D eigenvalue weighted by Gasteiger charge is 2.28. The molecule has 0 aliphatic carbocycles. The number of H-pyrrole nitrogens is 1. The fourth-order valence-corrected chi connectivity index (χ4v) is 2.67. The van der Waals surface area contributed by atoms with Crippen molar-refractivity contribution in [1.82, 2.24) is 20.6 Å². The summed E-state index contributed by atoms with van der Waals surface area (Å²) < 4.78 is 5.80. The zero-order valence-electron chi connectivity index (χ0n) is 12.5. The number of piperidine rings is 1. The van der Waals surface area contributed by atoms with E-state index in [-0.39, 0.29) is 23.9 Å². The van der Waals surface area contributed by atoms with Gasteiger partial charge in [0.1, 0.15) is 0 Å². The molecule has 0 spiro atoms. The van der Waals surface area contributed by atoms with Crippen molar-refractivity contribution in [3.8, 4) is 0 Å². The van der Waals surface area contributed by atoms with Crippen LogP contribution in [0.5, 0.6) is 0 Å². The SMILES string of the molecule is CCCOC1CNCCC1NC(=O)c1nc(Cl)c(CC)[nH]1. The number of aromatic amines is 1. The van der Waals surface area contributed by atoms with Gasteiger partial charge in [0.2, 0.25) is 0 Å². The molecular weight excluding hydrogens is 292 g/mol. The number of halogens is 1. The van der Waals surface area contributed by atoms with Crippen LogP contribution >= 0.6 is 11.6 Å². The molecule has 1 amide bonds. The molecule has 21 heavy (non-hydrogen) atoms. The number of aromatic nitrogens is 2. The molecule has 0 bridgehead atoms. The Morgan fingerprint density at radius 1 is 1.52 bits per heavy atom. The lowest BCUT2D eigenvalue weighted by Gasteiger charge is -2.32. The molecule has 0 radical (unpaired) electrons. The van der Waals surface area contributed by atoms with Gasteiger partial charge in [-0.05, 0) is 25.8 Å². The Morgan fingerprint density at radius 3 is 3.00 bits per heavy atom. The number of nitrogens with zero attached hydrogens (tertiary/aromatic N) is 1. The number of hydrogen-bond acceptors (Lipinski definition) is 4. The lowest BCUT2D eigenvalue weighted by Crippen LogP contribution is -2.54. The molecule has 1 aromatic heterocycles. The summed E-state index contributed by atoms with van der Waals surface area (Å²) in [5.41, 5.74) is 0.783. The van der Waals surface area contributed by atoms with Gasteiger partial charge in [0.25, 0.3) is 5.91 Å². The van der Waals surface area contributed by atoms with Crippen LogP contribution in [0.2, 0.25) is 5.15 Å². The fraction of sp³-hybridized carbons (Fsp3) is 0.714. The van der Waals surface area contributed by atoms with Crippen molar-refractivity contribution in [2.75, 3.05) is 19.7 Å². The molecule has 1 fully saturated rings. The maximum atomic E-state index is 12.3. The number of imidazole rings is 1. The average Bonchev–Trinajstić information content (AvgIpc) is 2.87. The zero-order chi connectivity index (χ0) is 15.2. The van der Waals surface area contributed by atoms with Gasteiger partial charge >= 0.3 is 0 Å². The Hall–Kier alpha value is -1.11. The predicted molar refractivity (Wildman–Crippen MR) is 81.7 cm³/mol. The molecule has 1 aromatic rings. The molecule has 2 atom stereocenters. The highest BCUT2D eigenvalue weighted by Crippen LogP contribution is 2.14. The minimum Gasteiger partial charge on any atom is -0.375 e. The van der Waals surface area contributed by atoms with Gasteiger partial charge < -0.3 is 20.4 Å². The first-order valence-electron chi connectivity index (χ1n) is 7.53. The summed E-state index contributed by atoms with van der Waals surface area (Å²) in [6.07, 6.45) is 2.52. The van der Waals surface area contributed by atoms with Crippen molar-refractivity contribution >= 4 is 17.5 Å². The van der Waals surface area contributed by atoms with Crippen molar-refractivity contribution in [3.05, 3.63) is 16.7 Å². The van der Waals surface area contributed by atoms with Crippen molar-refractivity contribution in [2.24, 2.45) is 0 Å². The number of carbonyl (C=O) groups is 1.